The van der Waals surface area contributed by atoms with E-state index in [0.29, 0.717) is 11.3 Å². The van der Waals surface area contributed by atoms with Gasteiger partial charge in [-0.25, -0.2) is 9.18 Å². The van der Waals surface area contributed by atoms with Crippen molar-refractivity contribution in [2.75, 3.05) is 7.11 Å². The van der Waals surface area contributed by atoms with Crippen LogP contribution in [0.1, 0.15) is 21.5 Å². The molecular formula is C16H15FO3. The molecule has 104 valence electrons. The van der Waals surface area contributed by atoms with Gasteiger partial charge in [-0.05, 0) is 54.4 Å². The molecule has 0 heterocycles. The predicted molar refractivity (Wildman–Crippen MR) is 73.3 cm³/mol. The topological polar surface area (TPSA) is 35.5 Å². The number of hydrogen-bond acceptors (Lipinski definition) is 3. The van der Waals surface area contributed by atoms with Crippen molar-refractivity contribution in [3.63, 3.8) is 0 Å². The molecule has 2 rings (SSSR count). The highest BCUT2D eigenvalue weighted by molar-refractivity contribution is 5.89. The van der Waals surface area contributed by atoms with Gasteiger partial charge in [0.2, 0.25) is 0 Å². The van der Waals surface area contributed by atoms with Crippen LogP contribution in [0, 0.1) is 12.7 Å². The molecule has 2 aromatic carbocycles. The Kier molecular flexibility index (Phi) is 4.35. The van der Waals surface area contributed by atoms with Gasteiger partial charge in [0.1, 0.15) is 18.2 Å². The van der Waals surface area contributed by atoms with E-state index >= 15 is 0 Å². The number of ether oxygens (including phenoxy) is 2. The highest BCUT2D eigenvalue weighted by atomic mass is 19.1. The summed E-state index contributed by atoms with van der Waals surface area (Å²) in [5, 5.41) is 0. The maximum atomic E-state index is 13.1. The number of halogens is 1. The summed E-state index contributed by atoms with van der Waals surface area (Å²) in [6.45, 7) is 2.18. The van der Waals surface area contributed by atoms with Crippen LogP contribution in [0.3, 0.4) is 0 Å². The minimum absolute atomic E-state index is 0.279. The standard InChI is InChI=1S/C16H15FO3/c1-11-3-6-14(17)9-13(11)10-20-15-7-4-12(5-8-15)16(18)19-2/h3-9H,10H2,1-2H3. The van der Waals surface area contributed by atoms with Crippen molar-refractivity contribution in [1.29, 1.82) is 0 Å². The van der Waals surface area contributed by atoms with E-state index in [1.807, 2.05) is 6.92 Å². The number of hydrogen-bond donors (Lipinski definition) is 0. The van der Waals surface area contributed by atoms with E-state index in [1.54, 1.807) is 30.3 Å². The lowest BCUT2D eigenvalue weighted by molar-refractivity contribution is 0.0600. The van der Waals surface area contributed by atoms with E-state index < -0.39 is 5.97 Å². The Bertz CT molecular complexity index is 606. The molecule has 4 heteroatoms. The van der Waals surface area contributed by atoms with Crippen molar-refractivity contribution < 1.29 is 18.7 Å². The maximum Gasteiger partial charge on any atom is 0.337 e. The normalized spacial score (nSPS) is 10.2. The van der Waals surface area contributed by atoms with E-state index in [0.717, 1.165) is 11.1 Å². The first-order valence-electron chi connectivity index (χ1n) is 6.16. The van der Waals surface area contributed by atoms with Gasteiger partial charge >= 0.3 is 5.97 Å². The van der Waals surface area contributed by atoms with Gasteiger partial charge in [0.05, 0.1) is 12.7 Å². The summed E-state index contributed by atoms with van der Waals surface area (Å²) in [5.41, 5.74) is 2.22. The van der Waals surface area contributed by atoms with Gasteiger partial charge in [-0.3, -0.25) is 0 Å². The number of esters is 1. The summed E-state index contributed by atoms with van der Waals surface area (Å²) >= 11 is 0. The molecule has 0 saturated heterocycles. The second-order valence-corrected chi connectivity index (χ2v) is 4.38. The van der Waals surface area contributed by atoms with Gasteiger partial charge in [-0.15, -0.1) is 0 Å². The van der Waals surface area contributed by atoms with Gasteiger partial charge in [-0.2, -0.15) is 0 Å². The molecular weight excluding hydrogens is 259 g/mol. The first kappa shape index (κ1) is 14.1. The molecule has 0 N–H and O–H groups in total. The number of carbonyl (C=O) groups excluding carboxylic acids is 1. The molecule has 0 unspecified atom stereocenters. The van der Waals surface area contributed by atoms with E-state index in [9.17, 15) is 9.18 Å². The summed E-state index contributed by atoms with van der Waals surface area (Å²) in [4.78, 5) is 11.3. The minimum atomic E-state index is -0.391. The van der Waals surface area contributed by atoms with Gasteiger partial charge < -0.3 is 9.47 Å². The van der Waals surface area contributed by atoms with E-state index in [4.69, 9.17) is 4.74 Å². The zero-order chi connectivity index (χ0) is 14.5. The minimum Gasteiger partial charge on any atom is -0.489 e. The lowest BCUT2D eigenvalue weighted by atomic mass is 10.1. The van der Waals surface area contributed by atoms with E-state index in [2.05, 4.69) is 4.74 Å². The number of carbonyl (C=O) groups is 1. The lowest BCUT2D eigenvalue weighted by Crippen LogP contribution is -2.02. The molecule has 2 aromatic rings. The fourth-order valence-corrected chi connectivity index (χ4v) is 1.76. The Hall–Kier alpha value is -2.36. The number of aryl methyl sites for hydroxylation is 1. The van der Waals surface area contributed by atoms with Gasteiger partial charge in [0.25, 0.3) is 0 Å². The fraction of sp³-hybridized carbons (Fsp3) is 0.188. The summed E-state index contributed by atoms with van der Waals surface area (Å²) in [5.74, 6) is -0.0610. The first-order chi connectivity index (χ1) is 9.60. The third-order valence-electron chi connectivity index (χ3n) is 2.98. The van der Waals surface area contributed by atoms with Crippen molar-refractivity contribution >= 4 is 5.97 Å². The van der Waals surface area contributed by atoms with Crippen molar-refractivity contribution in [1.82, 2.24) is 0 Å². The van der Waals surface area contributed by atoms with Crippen molar-refractivity contribution in [2.24, 2.45) is 0 Å². The monoisotopic (exact) mass is 274 g/mol. The van der Waals surface area contributed by atoms with Crippen LogP contribution < -0.4 is 4.74 Å². The average molecular weight is 274 g/mol. The Balaban J connectivity index is 2.04. The van der Waals surface area contributed by atoms with Gasteiger partial charge in [0.15, 0.2) is 0 Å². The number of methoxy groups -OCH3 is 1. The van der Waals surface area contributed by atoms with Crippen LogP contribution in [-0.4, -0.2) is 13.1 Å². The highest BCUT2D eigenvalue weighted by Crippen LogP contribution is 2.17. The zero-order valence-corrected chi connectivity index (χ0v) is 11.4. The molecule has 0 aliphatic rings. The number of rotatable bonds is 4. The Morgan fingerprint density at radius 2 is 1.85 bits per heavy atom. The molecule has 0 aliphatic carbocycles. The molecule has 0 bridgehead atoms. The SMILES string of the molecule is COC(=O)c1ccc(OCc2cc(F)ccc2C)cc1. The average Bonchev–Trinajstić information content (AvgIpc) is 2.48. The zero-order valence-electron chi connectivity index (χ0n) is 11.4. The summed E-state index contributed by atoms with van der Waals surface area (Å²) in [6.07, 6.45) is 0. The van der Waals surface area contributed by atoms with Gasteiger partial charge in [0, 0.05) is 0 Å². The molecule has 0 aromatic heterocycles. The Morgan fingerprint density at radius 1 is 1.15 bits per heavy atom. The van der Waals surface area contributed by atoms with Crippen LogP contribution in [0.2, 0.25) is 0 Å². The molecule has 3 nitrogen and oxygen atoms in total. The predicted octanol–water partition coefficient (Wildman–Crippen LogP) is 3.50. The highest BCUT2D eigenvalue weighted by Gasteiger charge is 2.05. The second-order valence-electron chi connectivity index (χ2n) is 4.38. The fourth-order valence-electron chi connectivity index (χ4n) is 1.76. The smallest absolute Gasteiger partial charge is 0.337 e. The molecule has 0 fully saturated rings. The Labute approximate surface area is 117 Å². The lowest BCUT2D eigenvalue weighted by Gasteiger charge is -2.09. The molecule has 20 heavy (non-hydrogen) atoms. The van der Waals surface area contributed by atoms with Crippen LogP contribution >= 0.6 is 0 Å². The second kappa shape index (κ2) is 6.19. The van der Waals surface area contributed by atoms with Crippen LogP contribution in [0.4, 0.5) is 4.39 Å². The maximum absolute atomic E-state index is 13.1. The first-order valence-corrected chi connectivity index (χ1v) is 6.16. The third kappa shape index (κ3) is 3.35. The summed E-state index contributed by atoms with van der Waals surface area (Å²) in [7, 11) is 1.33. The van der Waals surface area contributed by atoms with E-state index in [1.165, 1.54) is 19.2 Å². The van der Waals surface area contributed by atoms with Crippen molar-refractivity contribution in [3.8, 4) is 5.75 Å². The molecule has 0 atom stereocenters. The largest absolute Gasteiger partial charge is 0.489 e. The molecule has 0 saturated carbocycles. The van der Waals surface area contributed by atoms with Crippen molar-refractivity contribution in [2.45, 2.75) is 13.5 Å². The van der Waals surface area contributed by atoms with Gasteiger partial charge in [-0.1, -0.05) is 6.07 Å². The van der Waals surface area contributed by atoms with Crippen LogP contribution in [0.5, 0.6) is 5.75 Å². The molecule has 0 spiro atoms. The Morgan fingerprint density at radius 3 is 2.50 bits per heavy atom. The summed E-state index contributed by atoms with van der Waals surface area (Å²) < 4.78 is 23.3. The molecule has 0 aliphatic heterocycles. The molecule has 0 radical (unpaired) electrons. The quantitative estimate of drug-likeness (QED) is 0.800. The van der Waals surface area contributed by atoms with Crippen LogP contribution in [0.25, 0.3) is 0 Å². The molecule has 0 amide bonds. The number of benzene rings is 2. The third-order valence-corrected chi connectivity index (χ3v) is 2.98. The van der Waals surface area contributed by atoms with Crippen molar-refractivity contribution in [3.05, 3.63) is 65.0 Å². The summed E-state index contributed by atoms with van der Waals surface area (Å²) in [6, 6.07) is 11.2. The van der Waals surface area contributed by atoms with Crippen LogP contribution in [-0.2, 0) is 11.3 Å². The van der Waals surface area contributed by atoms with E-state index in [-0.39, 0.29) is 12.4 Å². The van der Waals surface area contributed by atoms with Crippen LogP contribution in [0.15, 0.2) is 42.5 Å².